The Morgan fingerprint density at radius 1 is 0.800 bits per heavy atom. The van der Waals surface area contributed by atoms with E-state index in [1.807, 2.05) is 54.6 Å². The Labute approximate surface area is 267 Å². The molecular weight excluding hydrogens is 596 g/mol. The van der Waals surface area contributed by atoms with Crippen molar-refractivity contribution in [1.82, 2.24) is 10.8 Å². The molecule has 1 saturated heterocycles. The first-order chi connectivity index (χ1) is 21.9. The predicted molar refractivity (Wildman–Crippen MR) is 168 cm³/mol. The van der Waals surface area contributed by atoms with Gasteiger partial charge in [0.15, 0.2) is 6.29 Å². The van der Waals surface area contributed by atoms with Gasteiger partial charge in [0.2, 0.25) is 11.8 Å². The molecular formula is C34H40N2O8S. The number of carbonyl (C=O) groups is 3. The van der Waals surface area contributed by atoms with Crippen molar-refractivity contribution in [1.29, 1.82) is 0 Å². The van der Waals surface area contributed by atoms with Gasteiger partial charge in [0.25, 0.3) is 0 Å². The number of aliphatic hydroxyl groups is 1. The molecule has 0 aromatic heterocycles. The lowest BCUT2D eigenvalue weighted by Gasteiger charge is -2.36. The second-order valence-electron chi connectivity index (χ2n) is 10.9. The van der Waals surface area contributed by atoms with E-state index in [1.54, 1.807) is 23.7 Å². The fourth-order valence-electron chi connectivity index (χ4n) is 5.04. The maximum Gasteiger partial charge on any atom is 0.336 e. The zero-order valence-electron chi connectivity index (χ0n) is 25.0. The highest BCUT2D eigenvalue weighted by Crippen LogP contribution is 2.39. The molecule has 0 bridgehead atoms. The van der Waals surface area contributed by atoms with Gasteiger partial charge in [-0.05, 0) is 41.7 Å². The van der Waals surface area contributed by atoms with Crippen LogP contribution in [0.25, 0.3) is 0 Å². The number of aliphatic hydroxyl groups excluding tert-OH is 1. The van der Waals surface area contributed by atoms with Crippen LogP contribution in [0.5, 0.6) is 0 Å². The smallest absolute Gasteiger partial charge is 0.336 e. The first-order valence-corrected chi connectivity index (χ1v) is 16.1. The van der Waals surface area contributed by atoms with Gasteiger partial charge in [-0.3, -0.25) is 14.8 Å². The molecule has 2 amide bonds. The number of hydrogen-bond acceptors (Lipinski definition) is 8. The lowest BCUT2D eigenvalue weighted by Crippen LogP contribution is -2.31. The van der Waals surface area contributed by atoms with Gasteiger partial charge in [0, 0.05) is 42.0 Å². The first-order valence-electron chi connectivity index (χ1n) is 15.1. The first kappa shape index (κ1) is 34.1. The van der Waals surface area contributed by atoms with E-state index in [-0.39, 0.29) is 36.7 Å². The number of hydroxylamine groups is 1. The highest BCUT2D eigenvalue weighted by atomic mass is 32.2. The molecule has 0 spiro atoms. The van der Waals surface area contributed by atoms with Crippen LogP contribution in [0.15, 0.2) is 77.7 Å². The Morgan fingerprint density at radius 2 is 1.44 bits per heavy atom. The van der Waals surface area contributed by atoms with Crippen molar-refractivity contribution in [3.05, 3.63) is 101 Å². The number of ether oxygens (including phenoxy) is 2. The van der Waals surface area contributed by atoms with Crippen LogP contribution in [-0.4, -0.2) is 45.1 Å². The molecule has 5 N–H and O–H groups in total. The number of carbonyl (C=O) groups excluding carboxylic acids is 2. The van der Waals surface area contributed by atoms with Gasteiger partial charge in [0.05, 0.1) is 24.4 Å². The molecule has 10 nitrogen and oxygen atoms in total. The minimum Gasteiger partial charge on any atom is -0.478 e. The maximum atomic E-state index is 12.3. The van der Waals surface area contributed by atoms with Crippen molar-refractivity contribution < 1.29 is 39.3 Å². The van der Waals surface area contributed by atoms with E-state index in [0.29, 0.717) is 36.5 Å². The Bertz CT molecular complexity index is 1400. The zero-order chi connectivity index (χ0) is 32.0. The summed E-state index contributed by atoms with van der Waals surface area (Å²) in [5, 5.41) is 30.5. The van der Waals surface area contributed by atoms with Crippen molar-refractivity contribution in [2.45, 2.75) is 81.5 Å². The molecule has 4 rings (SSSR count). The second-order valence-corrected chi connectivity index (χ2v) is 12.0. The average molecular weight is 637 g/mol. The number of carboxylic acids is 1. The summed E-state index contributed by atoms with van der Waals surface area (Å²) in [5.41, 5.74) is 5.42. The summed E-state index contributed by atoms with van der Waals surface area (Å²) >= 11 is 1.45. The molecule has 3 atom stereocenters. The number of carboxylic acid groups (broad SMARTS) is 1. The van der Waals surface area contributed by atoms with Crippen LogP contribution in [0.4, 0.5) is 0 Å². The summed E-state index contributed by atoms with van der Waals surface area (Å²) in [6.45, 7) is 0.351. The molecule has 11 heteroatoms. The number of thioether (sulfide) groups is 1. The van der Waals surface area contributed by atoms with E-state index in [9.17, 15) is 24.6 Å². The minimum atomic E-state index is -0.969. The number of aromatic carboxylic acids is 1. The monoisotopic (exact) mass is 636 g/mol. The van der Waals surface area contributed by atoms with E-state index in [1.165, 1.54) is 11.8 Å². The van der Waals surface area contributed by atoms with E-state index < -0.39 is 18.2 Å². The van der Waals surface area contributed by atoms with Crippen LogP contribution in [-0.2, 0) is 32.2 Å². The van der Waals surface area contributed by atoms with Crippen molar-refractivity contribution in [3.8, 4) is 0 Å². The number of benzene rings is 3. The molecule has 0 radical (unpaired) electrons. The van der Waals surface area contributed by atoms with Crippen LogP contribution < -0.4 is 10.8 Å². The quantitative estimate of drug-likeness (QED) is 0.0578. The van der Waals surface area contributed by atoms with E-state index in [0.717, 1.165) is 41.5 Å². The van der Waals surface area contributed by atoms with Crippen LogP contribution in [0.1, 0.15) is 90.0 Å². The lowest BCUT2D eigenvalue weighted by atomic mass is 10.0. The molecule has 3 aromatic carbocycles. The minimum absolute atomic E-state index is 0.0361. The summed E-state index contributed by atoms with van der Waals surface area (Å²) in [7, 11) is 0. The van der Waals surface area contributed by atoms with Crippen molar-refractivity contribution in [3.63, 3.8) is 0 Å². The van der Waals surface area contributed by atoms with Gasteiger partial charge in [-0.1, -0.05) is 73.5 Å². The fraction of sp³-hybridized carbons (Fsp3) is 0.382. The number of rotatable bonds is 16. The lowest BCUT2D eigenvalue weighted by molar-refractivity contribution is -0.245. The van der Waals surface area contributed by atoms with Crippen LogP contribution in [0.2, 0.25) is 0 Å². The second kappa shape index (κ2) is 17.7. The number of unbranched alkanes of at least 4 members (excludes halogenated alkanes) is 3. The van der Waals surface area contributed by atoms with E-state index >= 15 is 0 Å². The molecule has 3 unspecified atom stereocenters. The largest absolute Gasteiger partial charge is 0.478 e. The molecule has 1 aliphatic rings. The summed E-state index contributed by atoms with van der Waals surface area (Å²) in [5.74, 6) is -0.862. The third-order valence-corrected chi connectivity index (χ3v) is 8.79. The predicted octanol–water partition coefficient (Wildman–Crippen LogP) is 5.68. The standard InChI is InChI=1S/C34H40N2O8S/c37-21-24-13-15-25(16-14-24)29-19-27(22-45-30-8-6-5-7-28(30)33(40)41)43-34(44-29)26-17-11-23(12-18-26)20-35-31(38)9-3-1-2-4-10-32(39)36-42/h5-8,11-18,27,29,34,37,42H,1-4,9-10,19-22H2,(H,35,38)(H,36,39)(H,40,41). The summed E-state index contributed by atoms with van der Waals surface area (Å²) in [6.07, 6.45) is 3.19. The third-order valence-electron chi connectivity index (χ3n) is 7.58. The molecule has 0 aliphatic carbocycles. The number of hydrogen-bond donors (Lipinski definition) is 5. The third kappa shape index (κ3) is 10.7. The fourth-order valence-corrected chi connectivity index (χ4v) is 6.10. The highest BCUT2D eigenvalue weighted by molar-refractivity contribution is 7.99. The van der Waals surface area contributed by atoms with Crippen LogP contribution >= 0.6 is 11.8 Å². The van der Waals surface area contributed by atoms with Gasteiger partial charge in [-0.15, -0.1) is 11.8 Å². The Hall–Kier alpha value is -3.74. The highest BCUT2D eigenvalue weighted by Gasteiger charge is 2.32. The SMILES string of the molecule is O=C(CCCCCCC(=O)NCc1ccc(C2OC(CSc3ccccc3C(=O)O)CC(c3ccc(CO)cc3)O2)cc1)NO. The van der Waals surface area contributed by atoms with Crippen molar-refractivity contribution >= 4 is 29.5 Å². The van der Waals surface area contributed by atoms with Gasteiger partial charge >= 0.3 is 5.97 Å². The Balaban J connectivity index is 1.34. The molecule has 1 heterocycles. The maximum absolute atomic E-state index is 12.3. The van der Waals surface area contributed by atoms with E-state index in [4.69, 9.17) is 14.7 Å². The Morgan fingerprint density at radius 3 is 2.11 bits per heavy atom. The molecule has 1 aliphatic heterocycles. The normalized spacial score (nSPS) is 17.9. The van der Waals surface area contributed by atoms with Crippen LogP contribution in [0, 0.1) is 0 Å². The summed E-state index contributed by atoms with van der Waals surface area (Å²) in [4.78, 5) is 35.7. The van der Waals surface area contributed by atoms with Crippen molar-refractivity contribution in [2.24, 2.45) is 0 Å². The zero-order valence-corrected chi connectivity index (χ0v) is 25.8. The molecule has 3 aromatic rings. The van der Waals surface area contributed by atoms with E-state index in [2.05, 4.69) is 5.32 Å². The summed E-state index contributed by atoms with van der Waals surface area (Å²) < 4.78 is 12.8. The Kier molecular flexibility index (Phi) is 13.4. The molecule has 240 valence electrons. The summed E-state index contributed by atoms with van der Waals surface area (Å²) in [6, 6.07) is 22.3. The molecule has 45 heavy (non-hydrogen) atoms. The number of amides is 2. The number of nitrogens with one attached hydrogen (secondary N) is 2. The van der Waals surface area contributed by atoms with Gasteiger partial charge in [0.1, 0.15) is 0 Å². The van der Waals surface area contributed by atoms with Crippen molar-refractivity contribution in [2.75, 3.05) is 5.75 Å². The van der Waals surface area contributed by atoms with Gasteiger partial charge < -0.3 is 25.0 Å². The van der Waals surface area contributed by atoms with Gasteiger partial charge in [-0.2, -0.15) is 0 Å². The average Bonchev–Trinajstić information content (AvgIpc) is 3.08. The van der Waals surface area contributed by atoms with Crippen LogP contribution in [0.3, 0.4) is 0 Å². The molecule has 0 saturated carbocycles. The molecule has 1 fully saturated rings. The topological polar surface area (TPSA) is 154 Å². The van der Waals surface area contributed by atoms with Gasteiger partial charge in [-0.25, -0.2) is 10.3 Å².